The van der Waals surface area contributed by atoms with Gasteiger partial charge in [0.05, 0.1) is 14.3 Å². The fourth-order valence-electron chi connectivity index (χ4n) is 1.39. The van der Waals surface area contributed by atoms with Gasteiger partial charge in [0.15, 0.2) is 0 Å². The van der Waals surface area contributed by atoms with Gasteiger partial charge in [-0.05, 0) is 52.9 Å². The Balaban J connectivity index is 2.35. The van der Waals surface area contributed by atoms with Crippen LogP contribution in [0.25, 0.3) is 0 Å². The van der Waals surface area contributed by atoms with E-state index in [1.54, 1.807) is 12.1 Å². The Bertz CT molecular complexity index is 663. The second kappa shape index (κ2) is 6.19. The summed E-state index contributed by atoms with van der Waals surface area (Å²) in [6, 6.07) is 7.72. The lowest BCUT2D eigenvalue weighted by molar-refractivity contribution is 0.470. The van der Waals surface area contributed by atoms with Gasteiger partial charge in [-0.2, -0.15) is 0 Å². The number of nitrogens with zero attached hydrogens (tertiary/aromatic N) is 1. The molecular formula is C13H7BrClFINO. The van der Waals surface area contributed by atoms with Crippen LogP contribution in [0, 0.1) is 9.39 Å². The molecule has 0 unspecified atom stereocenters. The number of halogens is 4. The highest BCUT2D eigenvalue weighted by atomic mass is 127. The van der Waals surface area contributed by atoms with Gasteiger partial charge >= 0.3 is 0 Å². The molecule has 0 aromatic heterocycles. The van der Waals surface area contributed by atoms with Crippen LogP contribution in [0.3, 0.4) is 0 Å². The van der Waals surface area contributed by atoms with E-state index in [1.807, 2.05) is 22.6 Å². The number of rotatable bonds is 2. The lowest BCUT2D eigenvalue weighted by Crippen LogP contribution is -1.86. The molecule has 0 saturated carbocycles. The number of phenols is 1. The fraction of sp³-hybridized carbons (Fsp3) is 0. The molecule has 0 bridgehead atoms. The van der Waals surface area contributed by atoms with Crippen LogP contribution in [0.2, 0.25) is 5.02 Å². The standard InChI is InChI=1S/C13H7BrClFINO/c14-8-3-7(13(19)12(17)4-8)6-18-9-1-2-11(16)10(15)5-9/h1-6,19H. The lowest BCUT2D eigenvalue weighted by atomic mass is 10.2. The summed E-state index contributed by atoms with van der Waals surface area (Å²) in [5.41, 5.74) is 1.08. The van der Waals surface area contributed by atoms with Gasteiger partial charge in [0.1, 0.15) is 11.6 Å². The highest BCUT2D eigenvalue weighted by Crippen LogP contribution is 2.28. The van der Waals surface area contributed by atoms with Gasteiger partial charge in [-0.3, -0.25) is 4.99 Å². The normalized spacial score (nSPS) is 11.2. The summed E-state index contributed by atoms with van der Waals surface area (Å²) in [6.07, 6.45) is 1.51. The Morgan fingerprint density at radius 1 is 1.32 bits per heavy atom. The van der Waals surface area contributed by atoms with Gasteiger partial charge in [-0.25, -0.2) is 4.39 Å². The van der Waals surface area contributed by atoms with E-state index < -0.39 is 5.82 Å². The molecule has 1 N–H and O–H groups in total. The molecule has 0 atom stereocenters. The van der Waals surface area contributed by atoms with Crippen molar-refractivity contribution in [2.45, 2.75) is 0 Å². The second-order valence-corrected chi connectivity index (χ2v) is 6.17. The Kier molecular flexibility index (Phi) is 4.81. The molecule has 2 nitrogen and oxygen atoms in total. The van der Waals surface area contributed by atoms with Crippen LogP contribution >= 0.6 is 50.1 Å². The van der Waals surface area contributed by atoms with Crippen molar-refractivity contribution in [3.8, 4) is 5.75 Å². The first-order valence-electron chi connectivity index (χ1n) is 5.14. The van der Waals surface area contributed by atoms with Gasteiger partial charge < -0.3 is 5.11 Å². The maximum absolute atomic E-state index is 13.0. The molecule has 0 aliphatic heterocycles. The minimum absolute atomic E-state index is 0.0164. The molecule has 0 amide bonds. The third-order valence-electron chi connectivity index (χ3n) is 2.31. The Morgan fingerprint density at radius 2 is 2.05 bits per heavy atom. The van der Waals surface area contributed by atoms with Crippen LogP contribution in [-0.2, 0) is 0 Å². The number of benzene rings is 2. The minimum Gasteiger partial charge on any atom is -0.506 e. The monoisotopic (exact) mass is 453 g/mol. The Morgan fingerprint density at radius 3 is 2.74 bits per heavy atom. The maximum atomic E-state index is 13.0. The van der Waals surface area contributed by atoms with Crippen LogP contribution in [0.5, 0.6) is 5.75 Å². The molecule has 2 rings (SSSR count). The zero-order valence-electron chi connectivity index (χ0n) is 9.37. The van der Waals surface area contributed by atoms with Crippen molar-refractivity contribution in [3.63, 3.8) is 0 Å². The Labute approximate surface area is 136 Å². The summed E-state index contributed by atoms with van der Waals surface area (Å²) >= 11 is 11.0. The average molecular weight is 454 g/mol. The summed E-state index contributed by atoms with van der Waals surface area (Å²) in [5.74, 6) is -0.332. The summed E-state index contributed by atoms with van der Waals surface area (Å²) < 4.78 is 14.6. The van der Waals surface area contributed by atoms with Gasteiger partial charge in [0.25, 0.3) is 0 Å². The lowest BCUT2D eigenvalue weighted by Gasteiger charge is -2.03. The predicted octanol–water partition coefficient (Wildman–Crippen LogP) is 5.30. The van der Waals surface area contributed by atoms with Crippen LogP contribution in [0.4, 0.5) is 10.1 Å². The number of aliphatic imine (C=N–C) groups is 1. The second-order valence-electron chi connectivity index (χ2n) is 3.68. The number of phenolic OH excluding ortho intramolecular Hbond substituents is 1. The topological polar surface area (TPSA) is 32.6 Å². The van der Waals surface area contributed by atoms with Crippen molar-refractivity contribution in [1.29, 1.82) is 0 Å². The smallest absolute Gasteiger partial charge is 0.141 e. The van der Waals surface area contributed by atoms with E-state index in [9.17, 15) is 9.50 Å². The van der Waals surface area contributed by atoms with Crippen LogP contribution < -0.4 is 0 Å². The minimum atomic E-state index is -0.486. The predicted molar refractivity (Wildman–Crippen MR) is 87.2 cm³/mol. The van der Waals surface area contributed by atoms with E-state index >= 15 is 0 Å². The van der Waals surface area contributed by atoms with E-state index in [2.05, 4.69) is 20.9 Å². The molecule has 19 heavy (non-hydrogen) atoms. The molecular weight excluding hydrogens is 447 g/mol. The van der Waals surface area contributed by atoms with Crippen molar-refractivity contribution < 1.29 is 9.50 Å². The molecule has 2 aromatic rings. The van der Waals surface area contributed by atoms with E-state index in [-0.39, 0.29) is 10.8 Å². The summed E-state index contributed by atoms with van der Waals surface area (Å²) in [4.78, 5) is 4.16. The summed E-state index contributed by atoms with van der Waals surface area (Å²) in [6.45, 7) is 0. The van der Waals surface area contributed by atoms with Crippen molar-refractivity contribution >= 4 is 62.0 Å². The first kappa shape index (κ1) is 14.7. The molecule has 0 aliphatic carbocycles. The van der Waals surface area contributed by atoms with Crippen molar-refractivity contribution in [2.75, 3.05) is 0 Å². The van der Waals surface area contributed by atoms with Gasteiger partial charge in [0.2, 0.25) is 0 Å². The van der Waals surface area contributed by atoms with Crippen molar-refractivity contribution in [2.24, 2.45) is 4.99 Å². The summed E-state index contributed by atoms with van der Waals surface area (Å²) in [7, 11) is 0. The fourth-order valence-corrected chi connectivity index (χ4v) is 3.12. The number of hydrogen-bond acceptors (Lipinski definition) is 2. The quantitative estimate of drug-likeness (QED) is 0.485. The third kappa shape index (κ3) is 3.67. The zero-order valence-corrected chi connectivity index (χ0v) is 13.9. The van der Waals surface area contributed by atoms with Crippen molar-refractivity contribution in [1.82, 2.24) is 0 Å². The molecule has 98 valence electrons. The maximum Gasteiger partial charge on any atom is 0.141 e. The molecule has 2 aromatic carbocycles. The SMILES string of the molecule is Oc1c(I)cc(Br)cc1C=Nc1ccc(F)c(Cl)c1. The highest BCUT2D eigenvalue weighted by molar-refractivity contribution is 14.1. The van der Waals surface area contributed by atoms with Gasteiger partial charge in [0, 0.05) is 16.3 Å². The Hall–Kier alpha value is -0.660. The highest BCUT2D eigenvalue weighted by Gasteiger charge is 2.05. The molecule has 0 aliphatic rings. The van der Waals surface area contributed by atoms with E-state index in [0.29, 0.717) is 14.8 Å². The first-order chi connectivity index (χ1) is 8.97. The van der Waals surface area contributed by atoms with E-state index in [0.717, 1.165) is 4.47 Å². The zero-order chi connectivity index (χ0) is 14.0. The third-order valence-corrected chi connectivity index (χ3v) is 3.88. The molecule has 0 radical (unpaired) electrons. The van der Waals surface area contributed by atoms with Gasteiger partial charge in [-0.15, -0.1) is 0 Å². The summed E-state index contributed by atoms with van der Waals surface area (Å²) in [5, 5.41) is 9.91. The molecule has 0 heterocycles. The van der Waals surface area contributed by atoms with Gasteiger partial charge in [-0.1, -0.05) is 27.5 Å². The number of aromatic hydroxyl groups is 1. The van der Waals surface area contributed by atoms with Crippen LogP contribution in [0.15, 0.2) is 39.8 Å². The average Bonchev–Trinajstić information content (AvgIpc) is 2.36. The molecule has 0 spiro atoms. The van der Waals surface area contributed by atoms with Crippen LogP contribution in [-0.4, -0.2) is 11.3 Å². The molecule has 6 heteroatoms. The largest absolute Gasteiger partial charge is 0.506 e. The first-order valence-corrected chi connectivity index (χ1v) is 7.39. The molecule has 0 saturated heterocycles. The van der Waals surface area contributed by atoms with E-state index in [1.165, 1.54) is 24.4 Å². The van der Waals surface area contributed by atoms with Crippen molar-refractivity contribution in [3.05, 3.63) is 54.8 Å². The van der Waals surface area contributed by atoms with Crippen LogP contribution in [0.1, 0.15) is 5.56 Å². The van der Waals surface area contributed by atoms with E-state index in [4.69, 9.17) is 11.6 Å². The molecule has 0 fully saturated rings. The number of hydrogen-bond donors (Lipinski definition) is 1.